The minimum Gasteiger partial charge on any atom is -0.392 e. The lowest BCUT2D eigenvalue weighted by Crippen LogP contribution is -2.37. The van der Waals surface area contributed by atoms with E-state index in [1.807, 2.05) is 4.98 Å². The third-order valence-corrected chi connectivity index (χ3v) is 8.19. The van der Waals surface area contributed by atoms with Crippen LogP contribution in [0.2, 0.25) is 0 Å². The number of carbonyl (C=O) groups excluding carboxylic acids is 1. The van der Waals surface area contributed by atoms with Gasteiger partial charge in [-0.05, 0) is 17.2 Å². The molecule has 1 aromatic heterocycles. The molecule has 1 aromatic carbocycles. The van der Waals surface area contributed by atoms with E-state index in [2.05, 4.69) is 14.2 Å². The number of nitrogens with zero attached hydrogens (tertiary/aromatic N) is 1. The van der Waals surface area contributed by atoms with Crippen molar-refractivity contribution >= 4 is 27.0 Å². The van der Waals surface area contributed by atoms with E-state index in [1.54, 1.807) is 0 Å². The highest BCUT2D eigenvalue weighted by Crippen LogP contribution is 2.61. The van der Waals surface area contributed by atoms with Crippen molar-refractivity contribution in [1.29, 1.82) is 0 Å². The van der Waals surface area contributed by atoms with Crippen LogP contribution in [-0.4, -0.2) is 65.5 Å². The molecule has 0 spiro atoms. The predicted molar refractivity (Wildman–Crippen MR) is 124 cm³/mol. The number of aliphatic hydroxyl groups is 3. The molecule has 1 aliphatic rings. The van der Waals surface area contributed by atoms with Gasteiger partial charge in [0.2, 0.25) is 5.91 Å². The molecule has 1 amide bonds. The first-order valence-corrected chi connectivity index (χ1v) is 13.8. The van der Waals surface area contributed by atoms with Crippen LogP contribution in [0.15, 0.2) is 40.1 Å². The molecule has 16 nitrogen and oxygen atoms in total. The number of carbonyl (C=O) groups is 1. The summed E-state index contributed by atoms with van der Waals surface area (Å²) < 4.78 is 40.2. The predicted octanol–water partition coefficient (Wildman–Crippen LogP) is -0.874. The number of amides is 1. The standard InChI is InChI=1S/C19H25N3O13P2/c1-10(24)20-13-3-2-11(7-23)6-12(13)9-36(29,30)35-37(31,32)33-8-14-16(26)17(27)18(34-14)22-5-4-15(25)21-19(22)28/h2-6,14,16-18,23,26-27H,7-9H2,1H3,(H,20,24)(H,29,30)(H,31,32)(H,21,25,28)/t14-,16+,17+,18-/m1/s1. The lowest BCUT2D eigenvalue weighted by molar-refractivity contribution is -0.114. The molecule has 6 atom stereocenters. The zero-order chi connectivity index (χ0) is 27.5. The van der Waals surface area contributed by atoms with Crippen LogP contribution in [0.1, 0.15) is 24.3 Å². The van der Waals surface area contributed by atoms with Crippen LogP contribution in [-0.2, 0) is 40.3 Å². The second-order valence-corrected chi connectivity index (χ2v) is 11.5. The molecule has 37 heavy (non-hydrogen) atoms. The van der Waals surface area contributed by atoms with Crippen LogP contribution in [0.3, 0.4) is 0 Å². The van der Waals surface area contributed by atoms with E-state index in [1.165, 1.54) is 25.1 Å². The second kappa shape index (κ2) is 11.5. The molecule has 0 aliphatic carbocycles. The number of benzene rings is 1. The molecule has 1 saturated heterocycles. The quantitative estimate of drug-likeness (QED) is 0.173. The van der Waals surface area contributed by atoms with E-state index < -0.39 is 76.5 Å². The highest BCUT2D eigenvalue weighted by molar-refractivity contribution is 7.63. The van der Waals surface area contributed by atoms with E-state index in [0.717, 1.165) is 16.8 Å². The molecule has 0 saturated carbocycles. The number of ether oxygens (including phenoxy) is 1. The van der Waals surface area contributed by atoms with Gasteiger partial charge in [0.15, 0.2) is 6.23 Å². The van der Waals surface area contributed by atoms with Gasteiger partial charge in [0.25, 0.3) is 5.56 Å². The summed E-state index contributed by atoms with van der Waals surface area (Å²) >= 11 is 0. The Hall–Kier alpha value is -2.49. The van der Waals surface area contributed by atoms with Gasteiger partial charge in [-0.1, -0.05) is 12.1 Å². The third kappa shape index (κ3) is 7.52. The summed E-state index contributed by atoms with van der Waals surface area (Å²) in [6, 6.07) is 5.08. The van der Waals surface area contributed by atoms with Crippen LogP contribution in [0.4, 0.5) is 5.69 Å². The summed E-state index contributed by atoms with van der Waals surface area (Å²) in [5, 5.41) is 32.1. The number of hydrogen-bond acceptors (Lipinski definition) is 11. The maximum Gasteiger partial charge on any atom is 0.479 e. The van der Waals surface area contributed by atoms with Gasteiger partial charge in [-0.15, -0.1) is 0 Å². The lowest BCUT2D eigenvalue weighted by atomic mass is 10.1. The monoisotopic (exact) mass is 565 g/mol. The number of aromatic amines is 1. The number of phosphoric ester groups is 1. The summed E-state index contributed by atoms with van der Waals surface area (Å²) in [4.78, 5) is 56.7. The van der Waals surface area contributed by atoms with Gasteiger partial charge in [-0.3, -0.25) is 28.2 Å². The molecule has 0 bridgehead atoms. The summed E-state index contributed by atoms with van der Waals surface area (Å²) in [5.74, 6) is -0.498. The minimum absolute atomic E-state index is 0.0273. The number of aromatic nitrogens is 2. The number of aliphatic hydroxyl groups excluding tert-OH is 3. The Balaban J connectivity index is 1.68. The van der Waals surface area contributed by atoms with Gasteiger partial charge >= 0.3 is 21.1 Å². The number of hydrogen-bond donors (Lipinski definition) is 7. The van der Waals surface area contributed by atoms with Crippen molar-refractivity contribution in [3.63, 3.8) is 0 Å². The number of nitrogens with one attached hydrogen (secondary N) is 2. The zero-order valence-electron chi connectivity index (χ0n) is 19.2. The largest absolute Gasteiger partial charge is 0.479 e. The SMILES string of the molecule is CC(=O)Nc1ccc(CO)cc1CP(=O)(O)OP(=O)(O)OC[C@H]1O[C@@H](n2ccc(=O)[nH]c2=O)[C@@H](O)[C@H]1O. The first-order valence-electron chi connectivity index (χ1n) is 10.5. The molecular formula is C19H25N3O13P2. The molecule has 3 rings (SSSR count). The molecule has 1 aliphatic heterocycles. The fraction of sp³-hybridized carbons (Fsp3) is 0.421. The van der Waals surface area contributed by atoms with Gasteiger partial charge in [0.05, 0.1) is 19.4 Å². The topological polar surface area (TPSA) is 247 Å². The number of anilines is 1. The maximum atomic E-state index is 12.6. The summed E-state index contributed by atoms with van der Waals surface area (Å²) in [6.07, 6.45) is -6.22. The zero-order valence-corrected chi connectivity index (χ0v) is 21.0. The minimum atomic E-state index is -5.26. The molecular weight excluding hydrogens is 540 g/mol. The maximum absolute atomic E-state index is 12.6. The van der Waals surface area contributed by atoms with Gasteiger partial charge in [-0.2, -0.15) is 0 Å². The van der Waals surface area contributed by atoms with Crippen molar-refractivity contribution in [2.75, 3.05) is 11.9 Å². The molecule has 18 heteroatoms. The Bertz CT molecular complexity index is 1360. The highest BCUT2D eigenvalue weighted by Gasteiger charge is 2.45. The first kappa shape index (κ1) is 29.1. The Labute approximate surface area is 208 Å². The van der Waals surface area contributed by atoms with E-state index in [4.69, 9.17) is 4.74 Å². The molecule has 1 fully saturated rings. The van der Waals surface area contributed by atoms with E-state index in [0.29, 0.717) is 5.56 Å². The highest BCUT2D eigenvalue weighted by atomic mass is 31.3. The summed E-state index contributed by atoms with van der Waals surface area (Å²) in [7, 11) is -10.2. The number of rotatable bonds is 10. The van der Waals surface area contributed by atoms with Gasteiger partial charge in [0, 0.05) is 24.9 Å². The van der Waals surface area contributed by atoms with Crippen LogP contribution < -0.4 is 16.6 Å². The molecule has 2 unspecified atom stereocenters. The van der Waals surface area contributed by atoms with Crippen molar-refractivity contribution in [1.82, 2.24) is 9.55 Å². The fourth-order valence-corrected chi connectivity index (χ4v) is 6.25. The molecule has 2 aromatic rings. The first-order chi connectivity index (χ1) is 17.2. The van der Waals surface area contributed by atoms with Gasteiger partial charge < -0.3 is 35.2 Å². The second-order valence-electron chi connectivity index (χ2n) is 8.04. The smallest absolute Gasteiger partial charge is 0.392 e. The molecule has 7 N–H and O–H groups in total. The Morgan fingerprint density at radius 3 is 2.51 bits per heavy atom. The van der Waals surface area contributed by atoms with Crippen LogP contribution >= 0.6 is 15.4 Å². The Morgan fingerprint density at radius 2 is 1.89 bits per heavy atom. The average Bonchev–Trinajstić information content (AvgIpc) is 3.06. The van der Waals surface area contributed by atoms with E-state index >= 15 is 0 Å². The number of phosphoric acid groups is 1. The van der Waals surface area contributed by atoms with Crippen molar-refractivity contribution in [3.05, 3.63) is 62.4 Å². The average molecular weight is 565 g/mol. The van der Waals surface area contributed by atoms with Crippen LogP contribution in [0.25, 0.3) is 0 Å². The van der Waals surface area contributed by atoms with E-state index in [-0.39, 0.29) is 11.3 Å². The summed E-state index contributed by atoms with van der Waals surface area (Å²) in [5.41, 5.74) is -1.20. The lowest BCUT2D eigenvalue weighted by Gasteiger charge is -2.20. The fourth-order valence-electron chi connectivity index (χ4n) is 3.51. The van der Waals surface area contributed by atoms with Crippen molar-refractivity contribution in [2.24, 2.45) is 0 Å². The number of H-pyrrole nitrogens is 1. The van der Waals surface area contributed by atoms with Crippen LogP contribution in [0, 0.1) is 0 Å². The molecule has 204 valence electrons. The van der Waals surface area contributed by atoms with Gasteiger partial charge in [0.1, 0.15) is 18.3 Å². The van der Waals surface area contributed by atoms with Crippen molar-refractivity contribution < 1.29 is 52.6 Å². The summed E-state index contributed by atoms with van der Waals surface area (Å²) in [6.45, 7) is -0.131. The third-order valence-electron chi connectivity index (χ3n) is 5.13. The normalized spacial score (nSPS) is 24.8. The Morgan fingerprint density at radius 1 is 1.19 bits per heavy atom. The van der Waals surface area contributed by atoms with E-state index in [9.17, 15) is 48.6 Å². The molecule has 2 heterocycles. The van der Waals surface area contributed by atoms with Crippen LogP contribution in [0.5, 0.6) is 0 Å². The molecule has 0 radical (unpaired) electrons. The van der Waals surface area contributed by atoms with Gasteiger partial charge in [-0.25, -0.2) is 13.7 Å². The van der Waals surface area contributed by atoms with Crippen molar-refractivity contribution in [3.8, 4) is 0 Å². The van der Waals surface area contributed by atoms with Crippen molar-refractivity contribution in [2.45, 2.75) is 44.2 Å². The Kier molecular flexibility index (Phi) is 9.03.